The Labute approximate surface area is 185 Å². The molecule has 1 spiro atoms. The van der Waals surface area contributed by atoms with Crippen molar-refractivity contribution in [3.05, 3.63) is 43.0 Å². The standard InChI is InChI=1S/C22H27N7OS/c1-31(30)26-13-17-12-22(15-25-17)5-10-29(11-6-22)21-18-4-9-24-14-19(18)27-20(28-21)16-2-7-23-8-3-16/h2-4,7-9,14,17,25-26H,5-6,10-13,15H2,1H3. The largest absolute Gasteiger partial charge is 0.598 e. The summed E-state index contributed by atoms with van der Waals surface area (Å²) < 4.78 is 14.4. The minimum absolute atomic E-state index is 0.316. The molecular weight excluding hydrogens is 410 g/mol. The third-order valence-corrected chi connectivity index (χ3v) is 7.09. The lowest BCUT2D eigenvalue weighted by Gasteiger charge is -2.40. The van der Waals surface area contributed by atoms with E-state index in [1.807, 2.05) is 30.6 Å². The van der Waals surface area contributed by atoms with Crippen LogP contribution >= 0.6 is 0 Å². The van der Waals surface area contributed by atoms with Gasteiger partial charge in [-0.2, -0.15) is 0 Å². The van der Waals surface area contributed by atoms with Gasteiger partial charge in [0, 0.05) is 66.6 Å². The summed E-state index contributed by atoms with van der Waals surface area (Å²) in [6.45, 7) is 3.71. The van der Waals surface area contributed by atoms with Gasteiger partial charge in [-0.05, 0) is 42.9 Å². The number of aromatic nitrogens is 4. The fourth-order valence-electron chi connectivity index (χ4n) is 4.80. The van der Waals surface area contributed by atoms with Crippen LogP contribution in [0.15, 0.2) is 43.0 Å². The lowest BCUT2D eigenvalue weighted by atomic mass is 9.76. The van der Waals surface area contributed by atoms with Crippen LogP contribution in [0.5, 0.6) is 0 Å². The van der Waals surface area contributed by atoms with Crippen LogP contribution in [-0.4, -0.2) is 63.0 Å². The Balaban J connectivity index is 1.36. The maximum absolute atomic E-state index is 11.4. The minimum atomic E-state index is -0.962. The molecule has 3 aromatic rings. The number of pyridine rings is 2. The maximum Gasteiger partial charge on any atom is 0.162 e. The third kappa shape index (κ3) is 4.36. The molecule has 2 fully saturated rings. The zero-order valence-electron chi connectivity index (χ0n) is 17.6. The van der Waals surface area contributed by atoms with Gasteiger partial charge < -0.3 is 14.8 Å². The van der Waals surface area contributed by atoms with Crippen LogP contribution < -0.4 is 14.9 Å². The third-order valence-electron chi connectivity index (χ3n) is 6.52. The van der Waals surface area contributed by atoms with Crippen molar-refractivity contribution in [2.45, 2.75) is 25.3 Å². The fraction of sp³-hybridized carbons (Fsp3) is 0.455. The zero-order chi connectivity index (χ0) is 21.3. The quantitative estimate of drug-likeness (QED) is 0.584. The molecule has 9 heteroatoms. The highest BCUT2D eigenvalue weighted by atomic mass is 32.2. The number of rotatable bonds is 5. The van der Waals surface area contributed by atoms with Crippen molar-refractivity contribution in [1.82, 2.24) is 30.0 Å². The Kier molecular flexibility index (Phi) is 5.75. The molecule has 3 aromatic heterocycles. The molecule has 0 aliphatic carbocycles. The van der Waals surface area contributed by atoms with Gasteiger partial charge in [-0.15, -0.1) is 4.72 Å². The molecule has 5 heterocycles. The molecule has 2 aliphatic rings. The molecule has 0 bridgehead atoms. The van der Waals surface area contributed by atoms with E-state index in [1.165, 1.54) is 0 Å². The summed E-state index contributed by atoms with van der Waals surface area (Å²) in [4.78, 5) is 20.5. The second-order valence-corrected chi connectivity index (χ2v) is 9.77. The SMILES string of the molecule is C[S+]([O-])NCC1CC2(CCN(c3nc(-c4ccncc4)nc4cnccc34)CC2)CN1. The molecule has 2 atom stereocenters. The van der Waals surface area contributed by atoms with Crippen molar-refractivity contribution in [3.8, 4) is 11.4 Å². The van der Waals surface area contributed by atoms with E-state index in [4.69, 9.17) is 9.97 Å². The number of hydrogen-bond donors (Lipinski definition) is 2. The molecule has 162 valence electrons. The molecular formula is C22H27N7OS. The Hall–Kier alpha value is -2.33. The molecule has 0 radical (unpaired) electrons. The van der Waals surface area contributed by atoms with Crippen molar-refractivity contribution in [2.75, 3.05) is 37.3 Å². The Morgan fingerprint density at radius 3 is 2.71 bits per heavy atom. The molecule has 2 unspecified atom stereocenters. The van der Waals surface area contributed by atoms with Gasteiger partial charge in [0.1, 0.15) is 12.1 Å². The summed E-state index contributed by atoms with van der Waals surface area (Å²) in [6.07, 6.45) is 12.2. The van der Waals surface area contributed by atoms with Crippen molar-refractivity contribution in [2.24, 2.45) is 5.41 Å². The number of piperidine rings is 1. The predicted octanol–water partition coefficient (Wildman–Crippen LogP) is 1.92. The van der Waals surface area contributed by atoms with Crippen LogP contribution in [0.4, 0.5) is 5.82 Å². The van der Waals surface area contributed by atoms with E-state index < -0.39 is 11.4 Å². The first-order valence-electron chi connectivity index (χ1n) is 10.7. The summed E-state index contributed by atoms with van der Waals surface area (Å²) >= 11 is -0.962. The number of nitrogens with zero attached hydrogens (tertiary/aromatic N) is 5. The maximum atomic E-state index is 11.4. The molecule has 0 amide bonds. The number of nitrogens with one attached hydrogen (secondary N) is 2. The van der Waals surface area contributed by atoms with E-state index in [0.717, 1.165) is 67.7 Å². The molecule has 2 saturated heterocycles. The molecule has 2 N–H and O–H groups in total. The average molecular weight is 438 g/mol. The lowest BCUT2D eigenvalue weighted by Crippen LogP contribution is -2.41. The van der Waals surface area contributed by atoms with Gasteiger partial charge in [-0.3, -0.25) is 9.97 Å². The lowest BCUT2D eigenvalue weighted by molar-refractivity contribution is 0.242. The Morgan fingerprint density at radius 2 is 1.94 bits per heavy atom. The second kappa shape index (κ2) is 8.66. The summed E-state index contributed by atoms with van der Waals surface area (Å²) in [6, 6.07) is 6.28. The molecule has 0 saturated carbocycles. The van der Waals surface area contributed by atoms with Crippen LogP contribution in [0, 0.1) is 5.41 Å². The Morgan fingerprint density at radius 1 is 1.16 bits per heavy atom. The van der Waals surface area contributed by atoms with Gasteiger partial charge in [0.2, 0.25) is 0 Å². The van der Waals surface area contributed by atoms with E-state index in [-0.39, 0.29) is 0 Å². The predicted molar refractivity (Wildman–Crippen MR) is 123 cm³/mol. The molecule has 31 heavy (non-hydrogen) atoms. The summed E-state index contributed by atoms with van der Waals surface area (Å²) in [5.41, 5.74) is 2.14. The van der Waals surface area contributed by atoms with Crippen LogP contribution in [-0.2, 0) is 11.4 Å². The van der Waals surface area contributed by atoms with E-state index in [9.17, 15) is 4.55 Å². The first-order chi connectivity index (χ1) is 15.1. The molecule has 0 aromatic carbocycles. The van der Waals surface area contributed by atoms with Crippen molar-refractivity contribution in [1.29, 1.82) is 0 Å². The highest BCUT2D eigenvalue weighted by molar-refractivity contribution is 7.88. The van der Waals surface area contributed by atoms with Crippen LogP contribution in [0.3, 0.4) is 0 Å². The van der Waals surface area contributed by atoms with Gasteiger partial charge in [0.05, 0.1) is 18.3 Å². The average Bonchev–Trinajstić information content (AvgIpc) is 3.20. The summed E-state index contributed by atoms with van der Waals surface area (Å²) in [5, 5.41) is 4.67. The van der Waals surface area contributed by atoms with Crippen LogP contribution in [0.2, 0.25) is 0 Å². The van der Waals surface area contributed by atoms with Crippen molar-refractivity contribution < 1.29 is 4.55 Å². The van der Waals surface area contributed by atoms with Gasteiger partial charge in [0.15, 0.2) is 5.82 Å². The molecule has 5 rings (SSSR count). The summed E-state index contributed by atoms with van der Waals surface area (Å²) in [5.74, 6) is 1.69. The van der Waals surface area contributed by atoms with Crippen LogP contribution in [0.1, 0.15) is 19.3 Å². The number of hydrogen-bond acceptors (Lipinski definition) is 8. The normalized spacial score (nSPS) is 21.6. The molecule has 8 nitrogen and oxygen atoms in total. The Bertz CT molecular complexity index is 1040. The smallest absolute Gasteiger partial charge is 0.162 e. The first kappa shape index (κ1) is 20.6. The second-order valence-electron chi connectivity index (χ2n) is 8.57. The van der Waals surface area contributed by atoms with Gasteiger partial charge >= 0.3 is 0 Å². The van der Waals surface area contributed by atoms with E-state index >= 15 is 0 Å². The first-order valence-corrected chi connectivity index (χ1v) is 12.3. The van der Waals surface area contributed by atoms with E-state index in [2.05, 4.69) is 24.9 Å². The fourth-order valence-corrected chi connectivity index (χ4v) is 5.23. The van der Waals surface area contributed by atoms with E-state index in [1.54, 1.807) is 18.6 Å². The minimum Gasteiger partial charge on any atom is -0.598 e. The number of anilines is 1. The highest BCUT2D eigenvalue weighted by Crippen LogP contribution is 2.41. The highest BCUT2D eigenvalue weighted by Gasteiger charge is 2.41. The topological polar surface area (TPSA) is 102 Å². The van der Waals surface area contributed by atoms with Gasteiger partial charge in [0.25, 0.3) is 0 Å². The van der Waals surface area contributed by atoms with Gasteiger partial charge in [-0.25, -0.2) is 9.97 Å². The van der Waals surface area contributed by atoms with Crippen LogP contribution in [0.25, 0.3) is 22.3 Å². The van der Waals surface area contributed by atoms with Crippen molar-refractivity contribution in [3.63, 3.8) is 0 Å². The van der Waals surface area contributed by atoms with Gasteiger partial charge in [-0.1, -0.05) is 0 Å². The summed E-state index contributed by atoms with van der Waals surface area (Å²) in [7, 11) is 0. The monoisotopic (exact) mass is 437 g/mol. The van der Waals surface area contributed by atoms with E-state index in [0.29, 0.717) is 17.3 Å². The molecule has 2 aliphatic heterocycles. The van der Waals surface area contributed by atoms with Crippen molar-refractivity contribution >= 4 is 28.1 Å². The zero-order valence-corrected chi connectivity index (χ0v) is 18.4. The number of fused-ring (bicyclic) bond motifs is 1.